The molecule has 0 amide bonds. The van der Waals surface area contributed by atoms with Gasteiger partial charge in [-0.3, -0.25) is 20.2 Å². The van der Waals surface area contributed by atoms with Crippen molar-refractivity contribution in [2.24, 2.45) is 0 Å². The SMILES string of the molecule is O=[N+]([O-])C1=CC=CC(Cl)([N+](=O)[O-])C1. The van der Waals surface area contributed by atoms with Crippen molar-refractivity contribution in [1.29, 1.82) is 0 Å². The molecule has 70 valence electrons. The molecule has 0 aromatic heterocycles. The number of nitro groups is 2. The molecule has 0 aromatic rings. The zero-order valence-electron chi connectivity index (χ0n) is 6.34. The summed E-state index contributed by atoms with van der Waals surface area (Å²) < 4.78 is 0. The first-order valence-corrected chi connectivity index (χ1v) is 3.70. The van der Waals surface area contributed by atoms with Crippen LogP contribution in [0.4, 0.5) is 0 Å². The van der Waals surface area contributed by atoms with E-state index in [1.165, 1.54) is 12.2 Å². The molecule has 0 aromatic carbocycles. The van der Waals surface area contributed by atoms with Crippen LogP contribution in [0.2, 0.25) is 0 Å². The highest BCUT2D eigenvalue weighted by Crippen LogP contribution is 2.30. The van der Waals surface area contributed by atoms with Crippen molar-refractivity contribution < 1.29 is 9.85 Å². The molecule has 0 bridgehead atoms. The van der Waals surface area contributed by atoms with Crippen molar-refractivity contribution in [3.8, 4) is 0 Å². The summed E-state index contributed by atoms with van der Waals surface area (Å²) in [4.78, 5) is 17.4. The number of hydrogen-bond donors (Lipinski definition) is 0. The van der Waals surface area contributed by atoms with Gasteiger partial charge in [-0.1, -0.05) is 6.08 Å². The predicted octanol–water partition coefficient (Wildman–Crippen LogP) is 1.32. The van der Waals surface area contributed by atoms with Crippen molar-refractivity contribution in [1.82, 2.24) is 0 Å². The summed E-state index contributed by atoms with van der Waals surface area (Å²) in [6, 6.07) is 0. The lowest BCUT2D eigenvalue weighted by Crippen LogP contribution is -2.32. The zero-order chi connectivity index (χ0) is 10.1. The molecular weight excluding hydrogens is 200 g/mol. The van der Waals surface area contributed by atoms with Gasteiger partial charge in [0.05, 0.1) is 4.92 Å². The van der Waals surface area contributed by atoms with Gasteiger partial charge in [-0.15, -0.1) is 0 Å². The summed E-state index contributed by atoms with van der Waals surface area (Å²) in [5.74, 6) is 0. The summed E-state index contributed by atoms with van der Waals surface area (Å²) >= 11 is 5.52. The zero-order valence-corrected chi connectivity index (χ0v) is 7.10. The third kappa shape index (κ3) is 1.83. The predicted molar refractivity (Wildman–Crippen MR) is 44.4 cm³/mol. The van der Waals surface area contributed by atoms with E-state index in [0.717, 1.165) is 6.08 Å². The lowest BCUT2D eigenvalue weighted by atomic mass is 10.1. The standard InChI is InChI=1S/C6H5ClN2O4/c7-6(9(12)13)3-1-2-5(4-6)8(10)11/h1-3H,4H2. The molecule has 0 saturated heterocycles. The van der Waals surface area contributed by atoms with Crippen LogP contribution in [0.25, 0.3) is 0 Å². The average molecular weight is 205 g/mol. The normalized spacial score (nSPS) is 26.7. The maximum absolute atomic E-state index is 10.4. The molecule has 1 unspecified atom stereocenters. The molecule has 0 heterocycles. The third-order valence-corrected chi connectivity index (χ3v) is 2.00. The Kier molecular flexibility index (Phi) is 2.33. The van der Waals surface area contributed by atoms with Crippen LogP contribution < -0.4 is 0 Å². The van der Waals surface area contributed by atoms with E-state index >= 15 is 0 Å². The molecule has 0 saturated carbocycles. The van der Waals surface area contributed by atoms with Crippen LogP contribution in [-0.4, -0.2) is 14.8 Å². The number of rotatable bonds is 2. The van der Waals surface area contributed by atoms with Crippen molar-refractivity contribution in [2.45, 2.75) is 11.4 Å². The molecule has 13 heavy (non-hydrogen) atoms. The maximum atomic E-state index is 10.4. The van der Waals surface area contributed by atoms with Crippen molar-refractivity contribution in [3.05, 3.63) is 44.2 Å². The van der Waals surface area contributed by atoms with E-state index in [0.29, 0.717) is 0 Å². The summed E-state index contributed by atoms with van der Waals surface area (Å²) in [5.41, 5.74) is -0.255. The molecule has 0 N–H and O–H groups in total. The van der Waals surface area contributed by atoms with Crippen LogP contribution in [0.3, 0.4) is 0 Å². The Morgan fingerprint density at radius 3 is 2.54 bits per heavy atom. The summed E-state index contributed by atoms with van der Waals surface area (Å²) in [5, 5.41) is 20.7. The quantitative estimate of drug-likeness (QED) is 0.294. The number of alkyl halides is 1. The van der Waals surface area contributed by atoms with Crippen LogP contribution in [-0.2, 0) is 0 Å². The molecule has 0 radical (unpaired) electrons. The van der Waals surface area contributed by atoms with Gasteiger partial charge in [0.1, 0.15) is 6.42 Å². The molecular formula is C6H5ClN2O4. The van der Waals surface area contributed by atoms with Gasteiger partial charge in [0.25, 0.3) is 5.70 Å². The Morgan fingerprint density at radius 2 is 2.08 bits per heavy atom. The number of hydrogen-bond acceptors (Lipinski definition) is 4. The Bertz CT molecular complexity index is 325. The fourth-order valence-corrected chi connectivity index (χ4v) is 1.14. The van der Waals surface area contributed by atoms with Crippen LogP contribution in [0.1, 0.15) is 6.42 Å². The highest BCUT2D eigenvalue weighted by molar-refractivity contribution is 6.24. The van der Waals surface area contributed by atoms with Gasteiger partial charge < -0.3 is 0 Å². The van der Waals surface area contributed by atoms with Crippen molar-refractivity contribution >= 4 is 11.6 Å². The van der Waals surface area contributed by atoms with Crippen LogP contribution in [0.15, 0.2) is 23.9 Å². The van der Waals surface area contributed by atoms with Crippen LogP contribution in [0, 0.1) is 20.2 Å². The highest BCUT2D eigenvalue weighted by atomic mass is 35.5. The van der Waals surface area contributed by atoms with Gasteiger partial charge in [-0.2, -0.15) is 0 Å². The molecule has 0 spiro atoms. The molecule has 0 aliphatic heterocycles. The minimum Gasteiger partial charge on any atom is -0.262 e. The smallest absolute Gasteiger partial charge is 0.262 e. The fourth-order valence-electron chi connectivity index (χ4n) is 0.929. The van der Waals surface area contributed by atoms with Crippen LogP contribution >= 0.6 is 11.6 Å². The second kappa shape index (κ2) is 3.14. The fraction of sp³-hybridized carbons (Fsp3) is 0.333. The van der Waals surface area contributed by atoms with E-state index in [9.17, 15) is 20.2 Å². The average Bonchev–Trinajstić information content (AvgIpc) is 2.04. The van der Waals surface area contributed by atoms with E-state index < -0.39 is 21.3 Å². The lowest BCUT2D eigenvalue weighted by molar-refractivity contribution is -0.535. The Labute approximate surface area is 77.8 Å². The second-order valence-electron chi connectivity index (χ2n) is 2.53. The molecule has 0 fully saturated rings. The summed E-state index contributed by atoms with van der Waals surface area (Å²) in [7, 11) is 0. The number of nitrogens with zero attached hydrogens (tertiary/aromatic N) is 2. The first-order chi connectivity index (χ1) is 5.96. The van der Waals surface area contributed by atoms with Gasteiger partial charge in [-0.05, 0) is 11.6 Å². The van der Waals surface area contributed by atoms with Gasteiger partial charge in [0, 0.05) is 17.1 Å². The van der Waals surface area contributed by atoms with E-state index in [4.69, 9.17) is 11.6 Å². The van der Waals surface area contributed by atoms with Gasteiger partial charge in [-0.25, -0.2) is 0 Å². The van der Waals surface area contributed by atoms with E-state index in [-0.39, 0.29) is 5.70 Å². The highest BCUT2D eigenvalue weighted by Gasteiger charge is 2.43. The maximum Gasteiger partial charge on any atom is 0.323 e. The largest absolute Gasteiger partial charge is 0.323 e. The van der Waals surface area contributed by atoms with Crippen molar-refractivity contribution in [2.75, 3.05) is 0 Å². The molecule has 7 heteroatoms. The van der Waals surface area contributed by atoms with E-state index in [1.807, 2.05) is 0 Å². The van der Waals surface area contributed by atoms with Gasteiger partial charge in [0.15, 0.2) is 0 Å². The Morgan fingerprint density at radius 1 is 1.46 bits per heavy atom. The molecule has 1 aliphatic carbocycles. The summed E-state index contributed by atoms with van der Waals surface area (Å²) in [6.07, 6.45) is 3.15. The summed E-state index contributed by atoms with van der Waals surface area (Å²) in [6.45, 7) is 0. The Hall–Kier alpha value is -1.43. The first-order valence-electron chi connectivity index (χ1n) is 3.32. The first kappa shape index (κ1) is 9.66. The monoisotopic (exact) mass is 204 g/mol. The van der Waals surface area contributed by atoms with Gasteiger partial charge in [0.2, 0.25) is 0 Å². The second-order valence-corrected chi connectivity index (χ2v) is 3.18. The minimum absolute atomic E-state index is 0.255. The molecule has 1 aliphatic rings. The molecule has 6 nitrogen and oxygen atoms in total. The minimum atomic E-state index is -1.86. The lowest BCUT2D eigenvalue weighted by Gasteiger charge is -2.14. The topological polar surface area (TPSA) is 86.3 Å². The number of allylic oxidation sites excluding steroid dienone is 2. The van der Waals surface area contributed by atoms with E-state index in [1.54, 1.807) is 0 Å². The van der Waals surface area contributed by atoms with Gasteiger partial charge >= 0.3 is 5.00 Å². The Balaban J connectivity index is 2.92. The van der Waals surface area contributed by atoms with Crippen molar-refractivity contribution in [3.63, 3.8) is 0 Å². The van der Waals surface area contributed by atoms with Crippen LogP contribution in [0.5, 0.6) is 0 Å². The molecule has 1 atom stereocenters. The third-order valence-electron chi connectivity index (χ3n) is 1.61. The van der Waals surface area contributed by atoms with E-state index in [2.05, 4.69) is 0 Å². The number of halogens is 1. The molecule has 1 rings (SSSR count).